The lowest BCUT2D eigenvalue weighted by Gasteiger charge is -2.12. The number of methoxy groups -OCH3 is 1. The third-order valence-electron chi connectivity index (χ3n) is 1.82. The molecule has 1 aromatic rings. The van der Waals surface area contributed by atoms with E-state index in [1.807, 2.05) is 0 Å². The maximum atomic E-state index is 12.5. The summed E-state index contributed by atoms with van der Waals surface area (Å²) < 4.78 is 68.7. The lowest BCUT2D eigenvalue weighted by molar-refractivity contribution is -0.389. The van der Waals surface area contributed by atoms with E-state index in [1.54, 1.807) is 0 Å². The van der Waals surface area contributed by atoms with Crippen LogP contribution in [0.1, 0.15) is 12.1 Å². The predicted molar refractivity (Wildman–Crippen MR) is 49.1 cm³/mol. The molecule has 0 N–H and O–H groups in total. The maximum Gasteiger partial charge on any atom is 0.573 e. The van der Waals surface area contributed by atoms with Gasteiger partial charge in [-0.25, -0.2) is 13.8 Å². The monoisotopic (exact) mass is 288 g/mol. The van der Waals surface area contributed by atoms with E-state index >= 15 is 0 Å². The Hall–Kier alpha value is -2.20. The van der Waals surface area contributed by atoms with Crippen LogP contribution in [0.15, 0.2) is 6.20 Å². The van der Waals surface area contributed by atoms with Gasteiger partial charge in [0, 0.05) is 0 Å². The number of pyridine rings is 1. The SMILES string of the molecule is COc1c(C(F)F)ncc(OC(F)(F)F)c1[N+](=O)[O-]. The van der Waals surface area contributed by atoms with Crippen molar-refractivity contribution in [3.05, 3.63) is 22.0 Å². The Kier molecular flexibility index (Phi) is 4.07. The summed E-state index contributed by atoms with van der Waals surface area (Å²) >= 11 is 0. The molecule has 0 aromatic carbocycles. The molecular weight excluding hydrogens is 283 g/mol. The minimum absolute atomic E-state index is 0.190. The van der Waals surface area contributed by atoms with Gasteiger partial charge in [-0.2, -0.15) is 0 Å². The second-order valence-electron chi connectivity index (χ2n) is 3.00. The Morgan fingerprint density at radius 2 is 2.00 bits per heavy atom. The van der Waals surface area contributed by atoms with Crippen LogP contribution < -0.4 is 9.47 Å². The summed E-state index contributed by atoms with van der Waals surface area (Å²) in [6.07, 6.45) is -8.30. The highest BCUT2D eigenvalue weighted by molar-refractivity contribution is 5.58. The Labute approximate surface area is 101 Å². The molecule has 19 heavy (non-hydrogen) atoms. The van der Waals surface area contributed by atoms with Crippen LogP contribution in [0.4, 0.5) is 27.6 Å². The first-order valence-electron chi connectivity index (χ1n) is 4.42. The van der Waals surface area contributed by atoms with Crippen molar-refractivity contribution in [3.8, 4) is 11.5 Å². The third kappa shape index (κ3) is 3.39. The van der Waals surface area contributed by atoms with Crippen molar-refractivity contribution in [2.45, 2.75) is 12.8 Å². The highest BCUT2D eigenvalue weighted by atomic mass is 19.4. The highest BCUT2D eigenvalue weighted by Crippen LogP contribution is 2.42. The Bertz CT molecular complexity index is 491. The van der Waals surface area contributed by atoms with Gasteiger partial charge < -0.3 is 9.47 Å². The lowest BCUT2D eigenvalue weighted by atomic mass is 10.2. The fourth-order valence-corrected chi connectivity index (χ4v) is 1.21. The first-order valence-corrected chi connectivity index (χ1v) is 4.42. The van der Waals surface area contributed by atoms with Gasteiger partial charge in [0.1, 0.15) is 0 Å². The normalized spacial score (nSPS) is 11.5. The van der Waals surface area contributed by atoms with Gasteiger partial charge in [0.15, 0.2) is 5.69 Å². The number of nitro groups is 1. The van der Waals surface area contributed by atoms with Gasteiger partial charge in [-0.05, 0) is 0 Å². The van der Waals surface area contributed by atoms with E-state index in [-0.39, 0.29) is 6.20 Å². The standard InChI is InChI=1S/C8H5F5N2O4/c1-18-6-4(7(9)10)14-2-3(5(6)15(16)17)19-8(11,12)13/h2,7H,1H3. The van der Waals surface area contributed by atoms with Gasteiger partial charge in [-0.3, -0.25) is 10.1 Å². The van der Waals surface area contributed by atoms with E-state index in [9.17, 15) is 32.1 Å². The number of nitrogens with zero attached hydrogens (tertiary/aromatic N) is 2. The molecule has 1 rings (SSSR count). The van der Waals surface area contributed by atoms with E-state index in [2.05, 4.69) is 14.5 Å². The van der Waals surface area contributed by atoms with Crippen LogP contribution in [0.2, 0.25) is 0 Å². The molecule has 0 atom stereocenters. The smallest absolute Gasteiger partial charge is 0.489 e. The van der Waals surface area contributed by atoms with Crippen molar-refractivity contribution in [1.82, 2.24) is 4.98 Å². The number of halogens is 5. The first-order chi connectivity index (χ1) is 8.67. The maximum absolute atomic E-state index is 12.5. The molecule has 0 saturated heterocycles. The topological polar surface area (TPSA) is 74.5 Å². The number of aromatic nitrogens is 1. The fraction of sp³-hybridized carbons (Fsp3) is 0.375. The van der Waals surface area contributed by atoms with Crippen LogP contribution in [0.5, 0.6) is 11.5 Å². The van der Waals surface area contributed by atoms with Crippen LogP contribution in [0.3, 0.4) is 0 Å². The van der Waals surface area contributed by atoms with Crippen molar-refractivity contribution >= 4 is 5.69 Å². The predicted octanol–water partition coefficient (Wildman–Crippen LogP) is 2.83. The van der Waals surface area contributed by atoms with E-state index in [4.69, 9.17) is 0 Å². The minimum atomic E-state index is -5.23. The van der Waals surface area contributed by atoms with Gasteiger partial charge in [0.2, 0.25) is 11.5 Å². The molecule has 0 spiro atoms. The van der Waals surface area contributed by atoms with E-state index in [0.717, 1.165) is 7.11 Å². The van der Waals surface area contributed by atoms with Crippen LogP contribution in [0, 0.1) is 10.1 Å². The van der Waals surface area contributed by atoms with Crippen LogP contribution in [-0.4, -0.2) is 23.4 Å². The highest BCUT2D eigenvalue weighted by Gasteiger charge is 2.38. The molecule has 6 nitrogen and oxygen atoms in total. The lowest BCUT2D eigenvalue weighted by Crippen LogP contribution is -2.18. The summed E-state index contributed by atoms with van der Waals surface area (Å²) in [5.74, 6) is -2.42. The summed E-state index contributed by atoms with van der Waals surface area (Å²) in [4.78, 5) is 12.3. The molecule has 0 radical (unpaired) electrons. The summed E-state index contributed by atoms with van der Waals surface area (Å²) in [5.41, 5.74) is -2.52. The molecule has 0 aliphatic rings. The molecule has 1 heterocycles. The van der Waals surface area contributed by atoms with Crippen molar-refractivity contribution < 1.29 is 36.3 Å². The fourth-order valence-electron chi connectivity index (χ4n) is 1.21. The first kappa shape index (κ1) is 14.9. The van der Waals surface area contributed by atoms with Crippen molar-refractivity contribution in [3.63, 3.8) is 0 Å². The molecule has 106 valence electrons. The van der Waals surface area contributed by atoms with Gasteiger partial charge in [0.25, 0.3) is 6.43 Å². The van der Waals surface area contributed by atoms with Crippen LogP contribution in [-0.2, 0) is 0 Å². The molecule has 0 saturated carbocycles. The number of rotatable bonds is 4. The van der Waals surface area contributed by atoms with Crippen LogP contribution >= 0.6 is 0 Å². The molecule has 11 heteroatoms. The van der Waals surface area contributed by atoms with E-state index < -0.39 is 40.6 Å². The van der Waals surface area contributed by atoms with Gasteiger partial charge in [-0.15, -0.1) is 13.2 Å². The number of hydrogen-bond donors (Lipinski definition) is 0. The molecule has 0 unspecified atom stereocenters. The van der Waals surface area contributed by atoms with E-state index in [0.29, 0.717) is 0 Å². The molecule has 1 aromatic heterocycles. The average molecular weight is 288 g/mol. The Morgan fingerprint density at radius 3 is 2.37 bits per heavy atom. The van der Waals surface area contributed by atoms with Gasteiger partial charge in [0.05, 0.1) is 18.2 Å². The number of alkyl halides is 5. The van der Waals surface area contributed by atoms with Crippen LogP contribution in [0.25, 0.3) is 0 Å². The number of hydrogen-bond acceptors (Lipinski definition) is 5. The quantitative estimate of drug-likeness (QED) is 0.484. The summed E-state index contributed by atoms with van der Waals surface area (Å²) in [6.45, 7) is 0. The second kappa shape index (κ2) is 5.20. The molecule has 0 aliphatic carbocycles. The average Bonchev–Trinajstić information content (AvgIpc) is 2.25. The minimum Gasteiger partial charge on any atom is -0.489 e. The molecule has 0 aliphatic heterocycles. The second-order valence-corrected chi connectivity index (χ2v) is 3.00. The van der Waals surface area contributed by atoms with Crippen molar-refractivity contribution in [2.24, 2.45) is 0 Å². The number of ether oxygens (including phenoxy) is 2. The molecule has 0 bridgehead atoms. The molecule has 0 fully saturated rings. The zero-order chi connectivity index (χ0) is 14.8. The van der Waals surface area contributed by atoms with Crippen molar-refractivity contribution in [1.29, 1.82) is 0 Å². The summed E-state index contributed by atoms with van der Waals surface area (Å²) in [7, 11) is 0.785. The summed E-state index contributed by atoms with van der Waals surface area (Å²) in [5, 5.41) is 10.7. The van der Waals surface area contributed by atoms with Gasteiger partial charge in [-0.1, -0.05) is 0 Å². The van der Waals surface area contributed by atoms with Gasteiger partial charge >= 0.3 is 12.0 Å². The largest absolute Gasteiger partial charge is 0.573 e. The summed E-state index contributed by atoms with van der Waals surface area (Å²) in [6, 6.07) is 0. The van der Waals surface area contributed by atoms with E-state index in [1.165, 1.54) is 0 Å². The Morgan fingerprint density at radius 1 is 1.42 bits per heavy atom. The molecular formula is C8H5F5N2O4. The molecule has 0 amide bonds. The Balaban J connectivity index is 3.46. The van der Waals surface area contributed by atoms with Crippen molar-refractivity contribution in [2.75, 3.05) is 7.11 Å². The zero-order valence-electron chi connectivity index (χ0n) is 9.07. The third-order valence-corrected chi connectivity index (χ3v) is 1.82. The zero-order valence-corrected chi connectivity index (χ0v) is 9.07.